The Bertz CT molecular complexity index is 716. The van der Waals surface area contributed by atoms with E-state index in [9.17, 15) is 13.6 Å². The summed E-state index contributed by atoms with van der Waals surface area (Å²) >= 11 is 1.64. The van der Waals surface area contributed by atoms with Crippen LogP contribution in [0.25, 0.3) is 11.1 Å². The van der Waals surface area contributed by atoms with Gasteiger partial charge in [-0.15, -0.1) is 0 Å². The van der Waals surface area contributed by atoms with Crippen LogP contribution in [0.4, 0.5) is 8.78 Å². The molecule has 1 spiro atoms. The number of halogens is 2. The zero-order chi connectivity index (χ0) is 16.1. The summed E-state index contributed by atoms with van der Waals surface area (Å²) in [6, 6.07) is 9.57. The molecule has 2 heterocycles. The number of likely N-dealkylation sites (tertiary alicyclic amines) is 1. The zero-order valence-corrected chi connectivity index (χ0v) is 13.4. The molecule has 2 aromatic rings. The number of nitrogens with zero attached hydrogens (tertiary/aromatic N) is 1. The van der Waals surface area contributed by atoms with Crippen LogP contribution in [0.3, 0.4) is 0 Å². The van der Waals surface area contributed by atoms with Gasteiger partial charge in [0, 0.05) is 30.5 Å². The number of hydrogen-bond acceptors (Lipinski definition) is 2. The summed E-state index contributed by atoms with van der Waals surface area (Å²) in [6.07, 6.45) is 0.828. The Balaban J connectivity index is 1.44. The summed E-state index contributed by atoms with van der Waals surface area (Å²) < 4.78 is 26.8. The predicted octanol–water partition coefficient (Wildman–Crippen LogP) is 4.68. The van der Waals surface area contributed by atoms with E-state index in [1.807, 2.05) is 35.7 Å². The zero-order valence-electron chi connectivity index (χ0n) is 12.6. The maximum Gasteiger partial charge on any atom is 0.254 e. The van der Waals surface area contributed by atoms with E-state index in [0.717, 1.165) is 11.1 Å². The van der Waals surface area contributed by atoms with Crippen LogP contribution in [-0.2, 0) is 0 Å². The van der Waals surface area contributed by atoms with Gasteiger partial charge in [0.25, 0.3) is 11.8 Å². The highest BCUT2D eigenvalue weighted by Gasteiger charge is 2.70. The standard InChI is InChI=1S/C18H17F2NOS/c19-18(20)12-17(18)6-8-21(9-7-17)16(22)14-3-1-13(2-4-14)15-5-10-23-11-15/h1-5,10-11H,6-9,12H2. The highest BCUT2D eigenvalue weighted by molar-refractivity contribution is 7.08. The molecule has 1 aromatic carbocycles. The van der Waals surface area contributed by atoms with Crippen molar-refractivity contribution in [2.24, 2.45) is 5.41 Å². The van der Waals surface area contributed by atoms with Crippen molar-refractivity contribution < 1.29 is 13.6 Å². The van der Waals surface area contributed by atoms with E-state index in [-0.39, 0.29) is 12.3 Å². The SMILES string of the molecule is O=C(c1ccc(-c2ccsc2)cc1)N1CCC2(CC1)CC2(F)F. The highest BCUT2D eigenvalue weighted by Crippen LogP contribution is 2.65. The normalized spacial score (nSPS) is 21.4. The fraction of sp³-hybridized carbons (Fsp3) is 0.389. The van der Waals surface area contributed by atoms with Crippen LogP contribution in [0, 0.1) is 5.41 Å². The average molecular weight is 333 g/mol. The first kappa shape index (κ1) is 14.8. The van der Waals surface area contributed by atoms with E-state index in [4.69, 9.17) is 0 Å². The Hall–Kier alpha value is -1.75. The number of alkyl halides is 2. The third-order valence-electron chi connectivity index (χ3n) is 5.21. The third-order valence-corrected chi connectivity index (χ3v) is 5.89. The summed E-state index contributed by atoms with van der Waals surface area (Å²) in [4.78, 5) is 14.2. The van der Waals surface area contributed by atoms with Crippen molar-refractivity contribution in [3.05, 3.63) is 46.7 Å². The second kappa shape index (κ2) is 5.13. The maximum atomic E-state index is 13.4. The van der Waals surface area contributed by atoms with Crippen molar-refractivity contribution >= 4 is 17.2 Å². The average Bonchev–Trinajstić information content (AvgIpc) is 2.96. The molecule has 2 fully saturated rings. The third kappa shape index (κ3) is 2.47. The molecular weight excluding hydrogens is 316 g/mol. The van der Waals surface area contributed by atoms with Crippen molar-refractivity contribution in [1.29, 1.82) is 0 Å². The minimum Gasteiger partial charge on any atom is -0.339 e. The van der Waals surface area contributed by atoms with Gasteiger partial charge in [-0.1, -0.05) is 12.1 Å². The van der Waals surface area contributed by atoms with E-state index >= 15 is 0 Å². The largest absolute Gasteiger partial charge is 0.339 e. The first-order valence-electron chi connectivity index (χ1n) is 7.81. The van der Waals surface area contributed by atoms with Gasteiger partial charge in [-0.05, 0) is 52.9 Å². The van der Waals surface area contributed by atoms with E-state index < -0.39 is 11.3 Å². The topological polar surface area (TPSA) is 20.3 Å². The molecular formula is C18H17F2NOS. The van der Waals surface area contributed by atoms with Crippen LogP contribution in [0.1, 0.15) is 29.6 Å². The van der Waals surface area contributed by atoms with Gasteiger partial charge in [-0.25, -0.2) is 8.78 Å². The monoisotopic (exact) mass is 333 g/mol. The fourth-order valence-electron chi connectivity index (χ4n) is 3.48. The van der Waals surface area contributed by atoms with Crippen molar-refractivity contribution in [2.45, 2.75) is 25.2 Å². The Kier molecular flexibility index (Phi) is 3.30. The Morgan fingerprint density at radius 1 is 1.04 bits per heavy atom. The number of thiophene rings is 1. The van der Waals surface area contributed by atoms with Gasteiger partial charge in [0.15, 0.2) is 0 Å². The number of carbonyl (C=O) groups excluding carboxylic acids is 1. The molecule has 0 radical (unpaired) electrons. The maximum absolute atomic E-state index is 13.4. The molecule has 5 heteroatoms. The predicted molar refractivity (Wildman–Crippen MR) is 86.9 cm³/mol. The molecule has 1 saturated carbocycles. The second-order valence-corrected chi connectivity index (χ2v) is 7.32. The molecule has 23 heavy (non-hydrogen) atoms. The highest BCUT2D eigenvalue weighted by atomic mass is 32.1. The van der Waals surface area contributed by atoms with Crippen molar-refractivity contribution in [2.75, 3.05) is 13.1 Å². The van der Waals surface area contributed by atoms with Crippen molar-refractivity contribution in [1.82, 2.24) is 4.90 Å². The van der Waals surface area contributed by atoms with Gasteiger partial charge in [0.1, 0.15) is 0 Å². The van der Waals surface area contributed by atoms with Gasteiger partial charge in [-0.3, -0.25) is 4.79 Å². The minimum atomic E-state index is -2.51. The van der Waals surface area contributed by atoms with Crippen LogP contribution in [0.15, 0.2) is 41.1 Å². The van der Waals surface area contributed by atoms with Gasteiger partial charge >= 0.3 is 0 Å². The Labute approximate surface area is 137 Å². The van der Waals surface area contributed by atoms with Gasteiger partial charge in [-0.2, -0.15) is 11.3 Å². The van der Waals surface area contributed by atoms with Crippen LogP contribution in [-0.4, -0.2) is 29.8 Å². The molecule has 2 nitrogen and oxygen atoms in total. The molecule has 0 N–H and O–H groups in total. The summed E-state index contributed by atoms with van der Waals surface area (Å²) in [5.74, 6) is -2.56. The molecule has 4 rings (SSSR count). The van der Waals surface area contributed by atoms with Gasteiger partial charge in [0.2, 0.25) is 0 Å². The molecule has 1 saturated heterocycles. The van der Waals surface area contributed by atoms with Crippen LogP contribution >= 0.6 is 11.3 Å². The van der Waals surface area contributed by atoms with Gasteiger partial charge < -0.3 is 4.90 Å². The molecule has 0 bridgehead atoms. The lowest BCUT2D eigenvalue weighted by Crippen LogP contribution is -2.40. The molecule has 120 valence electrons. The van der Waals surface area contributed by atoms with Crippen molar-refractivity contribution in [3.8, 4) is 11.1 Å². The quantitative estimate of drug-likeness (QED) is 0.781. The number of piperidine rings is 1. The molecule has 1 aromatic heterocycles. The summed E-state index contributed by atoms with van der Waals surface area (Å²) in [5, 5.41) is 4.09. The fourth-order valence-corrected chi connectivity index (χ4v) is 4.14. The lowest BCUT2D eigenvalue weighted by molar-refractivity contribution is 0.0284. The smallest absolute Gasteiger partial charge is 0.254 e. The number of amides is 1. The molecule has 1 aliphatic heterocycles. The van der Waals surface area contributed by atoms with Crippen LogP contribution < -0.4 is 0 Å². The first-order chi connectivity index (χ1) is 11.0. The van der Waals surface area contributed by atoms with Gasteiger partial charge in [0.05, 0.1) is 0 Å². The Morgan fingerprint density at radius 3 is 2.22 bits per heavy atom. The van der Waals surface area contributed by atoms with E-state index in [1.165, 1.54) is 0 Å². The summed E-state index contributed by atoms with van der Waals surface area (Å²) in [6.45, 7) is 0.863. The first-order valence-corrected chi connectivity index (χ1v) is 8.75. The number of carbonyl (C=O) groups is 1. The molecule has 2 aliphatic rings. The molecule has 1 amide bonds. The van der Waals surface area contributed by atoms with E-state index in [0.29, 0.717) is 31.5 Å². The summed E-state index contributed by atoms with van der Waals surface area (Å²) in [5.41, 5.74) is 2.04. The van der Waals surface area contributed by atoms with E-state index in [1.54, 1.807) is 16.2 Å². The number of benzene rings is 1. The Morgan fingerprint density at radius 2 is 1.70 bits per heavy atom. The summed E-state index contributed by atoms with van der Waals surface area (Å²) in [7, 11) is 0. The molecule has 0 unspecified atom stereocenters. The van der Waals surface area contributed by atoms with Crippen LogP contribution in [0.2, 0.25) is 0 Å². The lowest BCUT2D eigenvalue weighted by atomic mass is 9.92. The molecule has 0 atom stereocenters. The second-order valence-electron chi connectivity index (χ2n) is 6.54. The number of rotatable bonds is 2. The molecule has 1 aliphatic carbocycles. The number of hydrogen-bond donors (Lipinski definition) is 0. The van der Waals surface area contributed by atoms with Crippen LogP contribution in [0.5, 0.6) is 0 Å². The minimum absolute atomic E-state index is 0.00261. The van der Waals surface area contributed by atoms with E-state index in [2.05, 4.69) is 5.38 Å². The lowest BCUT2D eigenvalue weighted by Gasteiger charge is -2.32. The van der Waals surface area contributed by atoms with Crippen molar-refractivity contribution in [3.63, 3.8) is 0 Å².